The van der Waals surface area contributed by atoms with Gasteiger partial charge in [-0.2, -0.15) is 0 Å². The molecule has 0 spiro atoms. The van der Waals surface area contributed by atoms with Crippen LogP contribution in [0, 0.1) is 0 Å². The summed E-state index contributed by atoms with van der Waals surface area (Å²) in [6, 6.07) is 2.80. The molecule has 0 bridgehead atoms. The second-order valence-electron chi connectivity index (χ2n) is 3.49. The van der Waals surface area contributed by atoms with Gasteiger partial charge in [-0.1, -0.05) is 0 Å². The lowest BCUT2D eigenvalue weighted by Crippen LogP contribution is -2.55. The van der Waals surface area contributed by atoms with Gasteiger partial charge in [-0.05, 0) is 34.4 Å². The van der Waals surface area contributed by atoms with Gasteiger partial charge in [-0.25, -0.2) is 0 Å². The number of halogens is 1. The Morgan fingerprint density at radius 3 is 3.00 bits per heavy atom. The molecule has 0 unspecified atom stereocenters. The first kappa shape index (κ1) is 9.65. The van der Waals surface area contributed by atoms with Crippen molar-refractivity contribution in [2.24, 2.45) is 0 Å². The van der Waals surface area contributed by atoms with Crippen molar-refractivity contribution in [3.8, 4) is 0 Å². The lowest BCUT2D eigenvalue weighted by Gasteiger charge is -2.36. The molecule has 0 atom stereocenters. The van der Waals surface area contributed by atoms with Gasteiger partial charge in [-0.15, -0.1) is 11.3 Å². The highest BCUT2D eigenvalue weighted by molar-refractivity contribution is 9.10. The minimum atomic E-state index is 0.694. The van der Waals surface area contributed by atoms with Gasteiger partial charge in [0.15, 0.2) is 0 Å². The molecule has 0 aromatic carbocycles. The lowest BCUT2D eigenvalue weighted by atomic mass is 10.1. The van der Waals surface area contributed by atoms with Crippen LogP contribution in [-0.4, -0.2) is 31.1 Å². The molecule has 1 aliphatic heterocycles. The average Bonchev–Trinajstić information content (AvgIpc) is 2.43. The van der Waals surface area contributed by atoms with Crippen LogP contribution in [0.1, 0.15) is 4.88 Å². The molecule has 1 N–H and O–H groups in total. The third kappa shape index (κ3) is 2.31. The van der Waals surface area contributed by atoms with Crippen LogP contribution in [-0.2, 0) is 6.54 Å². The second kappa shape index (κ2) is 4.09. The zero-order valence-corrected chi connectivity index (χ0v) is 9.99. The third-order valence-electron chi connectivity index (χ3n) is 2.31. The van der Waals surface area contributed by atoms with Crippen LogP contribution in [0.3, 0.4) is 0 Å². The van der Waals surface area contributed by atoms with E-state index in [1.165, 1.54) is 22.4 Å². The van der Waals surface area contributed by atoms with Gasteiger partial charge in [0.25, 0.3) is 0 Å². The summed E-state index contributed by atoms with van der Waals surface area (Å²) in [5, 5.41) is 5.65. The Labute approximate surface area is 91.1 Å². The maximum absolute atomic E-state index is 3.53. The molecule has 0 saturated carbocycles. The normalized spacial score (nSPS) is 18.9. The molecule has 0 amide bonds. The average molecular weight is 261 g/mol. The Hall–Kier alpha value is 0.100. The molecule has 1 fully saturated rings. The van der Waals surface area contributed by atoms with E-state index in [-0.39, 0.29) is 0 Å². The van der Waals surface area contributed by atoms with E-state index >= 15 is 0 Å². The number of hydrogen-bond donors (Lipinski definition) is 1. The summed E-state index contributed by atoms with van der Waals surface area (Å²) in [4.78, 5) is 3.72. The minimum absolute atomic E-state index is 0.694. The van der Waals surface area contributed by atoms with Crippen molar-refractivity contribution in [3.05, 3.63) is 20.8 Å². The Morgan fingerprint density at radius 1 is 1.69 bits per heavy atom. The molecule has 72 valence electrons. The number of rotatable bonds is 3. The van der Waals surface area contributed by atoms with Crippen LogP contribution in [0.2, 0.25) is 0 Å². The highest BCUT2D eigenvalue weighted by Crippen LogP contribution is 2.22. The predicted octanol–water partition coefficient (Wildman–Crippen LogP) is 1.91. The van der Waals surface area contributed by atoms with E-state index in [9.17, 15) is 0 Å². The zero-order chi connectivity index (χ0) is 9.26. The van der Waals surface area contributed by atoms with E-state index in [0.717, 1.165) is 6.54 Å². The van der Waals surface area contributed by atoms with Crippen molar-refractivity contribution in [1.82, 2.24) is 10.2 Å². The first-order chi connectivity index (χ1) is 6.25. The van der Waals surface area contributed by atoms with Crippen molar-refractivity contribution in [2.45, 2.75) is 12.6 Å². The molecular formula is C9H13BrN2S. The number of likely N-dealkylation sites (N-methyl/N-ethyl adjacent to an activating group) is 1. The first-order valence-corrected chi connectivity index (χ1v) is 6.07. The molecule has 1 aliphatic rings. The molecule has 0 radical (unpaired) electrons. The predicted molar refractivity (Wildman–Crippen MR) is 60.1 cm³/mol. The molecule has 1 aromatic rings. The molecular weight excluding hydrogens is 248 g/mol. The summed E-state index contributed by atoms with van der Waals surface area (Å²) in [6.45, 7) is 3.36. The second-order valence-corrected chi connectivity index (χ2v) is 5.35. The fraction of sp³-hybridized carbons (Fsp3) is 0.556. The van der Waals surface area contributed by atoms with Crippen LogP contribution >= 0.6 is 27.3 Å². The van der Waals surface area contributed by atoms with E-state index in [4.69, 9.17) is 0 Å². The summed E-state index contributed by atoms with van der Waals surface area (Å²) in [7, 11) is 2.15. The lowest BCUT2D eigenvalue weighted by molar-refractivity contribution is 0.161. The Balaban J connectivity index is 1.77. The number of nitrogens with zero attached hydrogens (tertiary/aromatic N) is 1. The molecule has 2 nitrogen and oxygen atoms in total. The van der Waals surface area contributed by atoms with Gasteiger partial charge in [0.2, 0.25) is 0 Å². The first-order valence-electron chi connectivity index (χ1n) is 4.39. The van der Waals surface area contributed by atoms with Crippen molar-refractivity contribution < 1.29 is 0 Å². The summed E-state index contributed by atoms with van der Waals surface area (Å²) in [5.74, 6) is 0. The van der Waals surface area contributed by atoms with E-state index in [2.05, 4.69) is 44.6 Å². The van der Waals surface area contributed by atoms with E-state index < -0.39 is 0 Å². The van der Waals surface area contributed by atoms with Crippen LogP contribution < -0.4 is 5.32 Å². The number of likely N-dealkylation sites (tertiary alicyclic amines) is 1. The van der Waals surface area contributed by atoms with Crippen molar-refractivity contribution in [3.63, 3.8) is 0 Å². The van der Waals surface area contributed by atoms with Crippen LogP contribution in [0.25, 0.3) is 0 Å². The highest BCUT2D eigenvalue weighted by atomic mass is 79.9. The fourth-order valence-corrected chi connectivity index (χ4v) is 2.96. The maximum atomic E-state index is 3.53. The summed E-state index contributed by atoms with van der Waals surface area (Å²) < 4.78 is 1.23. The number of nitrogens with one attached hydrogen (secondary N) is 1. The van der Waals surface area contributed by atoms with Crippen LogP contribution in [0.15, 0.2) is 15.9 Å². The fourth-order valence-electron chi connectivity index (χ4n) is 1.52. The number of thiophene rings is 1. The van der Waals surface area contributed by atoms with Crippen LogP contribution in [0.4, 0.5) is 0 Å². The third-order valence-corrected chi connectivity index (χ3v) is 4.23. The van der Waals surface area contributed by atoms with Gasteiger partial charge in [0.05, 0.1) is 0 Å². The van der Waals surface area contributed by atoms with E-state index in [1.54, 1.807) is 11.3 Å². The largest absolute Gasteiger partial charge is 0.307 e. The monoisotopic (exact) mass is 260 g/mol. The quantitative estimate of drug-likeness (QED) is 0.894. The highest BCUT2D eigenvalue weighted by Gasteiger charge is 2.22. The van der Waals surface area contributed by atoms with Crippen LogP contribution in [0.5, 0.6) is 0 Å². The Morgan fingerprint density at radius 2 is 2.46 bits per heavy atom. The van der Waals surface area contributed by atoms with Crippen molar-refractivity contribution in [2.75, 3.05) is 20.1 Å². The van der Waals surface area contributed by atoms with Gasteiger partial charge < -0.3 is 10.2 Å². The summed E-state index contributed by atoms with van der Waals surface area (Å²) >= 11 is 5.33. The molecule has 4 heteroatoms. The Kier molecular flexibility index (Phi) is 3.03. The summed E-state index contributed by atoms with van der Waals surface area (Å²) in [6.07, 6.45) is 0. The molecule has 2 heterocycles. The summed E-state index contributed by atoms with van der Waals surface area (Å²) in [5.41, 5.74) is 0. The molecule has 0 aliphatic carbocycles. The Bertz CT molecular complexity index is 281. The smallest absolute Gasteiger partial charge is 0.0327 e. The van der Waals surface area contributed by atoms with Gasteiger partial charge >= 0.3 is 0 Å². The van der Waals surface area contributed by atoms with E-state index in [0.29, 0.717) is 6.04 Å². The number of hydrogen-bond acceptors (Lipinski definition) is 3. The topological polar surface area (TPSA) is 15.3 Å². The molecule has 13 heavy (non-hydrogen) atoms. The molecule has 1 aromatic heterocycles. The van der Waals surface area contributed by atoms with E-state index in [1.807, 2.05) is 0 Å². The maximum Gasteiger partial charge on any atom is 0.0327 e. The molecule has 2 rings (SSSR count). The minimum Gasteiger partial charge on any atom is -0.307 e. The SMILES string of the molecule is CN1CC(NCc2sccc2Br)C1. The van der Waals surface area contributed by atoms with Gasteiger partial charge in [0.1, 0.15) is 0 Å². The van der Waals surface area contributed by atoms with Gasteiger partial charge in [-0.3, -0.25) is 0 Å². The molecule has 1 saturated heterocycles. The standard InChI is InChI=1S/C9H13BrN2S/c1-12-5-7(6-12)11-4-9-8(10)2-3-13-9/h2-3,7,11H,4-6H2,1H3. The van der Waals surface area contributed by atoms with Crippen molar-refractivity contribution in [1.29, 1.82) is 0 Å². The van der Waals surface area contributed by atoms with Crippen molar-refractivity contribution >= 4 is 27.3 Å². The zero-order valence-electron chi connectivity index (χ0n) is 7.59. The van der Waals surface area contributed by atoms with Gasteiger partial charge in [0, 0.05) is 35.0 Å².